The fourth-order valence-corrected chi connectivity index (χ4v) is 3.79. The van der Waals surface area contributed by atoms with Gasteiger partial charge in [0.25, 0.3) is 0 Å². The van der Waals surface area contributed by atoms with E-state index in [0.717, 1.165) is 11.1 Å². The molecule has 14 heavy (non-hydrogen) atoms. The van der Waals surface area contributed by atoms with Crippen LogP contribution in [0, 0.1) is 6.92 Å². The molecule has 1 heterocycles. The van der Waals surface area contributed by atoms with E-state index in [1.807, 2.05) is 13.0 Å². The van der Waals surface area contributed by atoms with Crippen molar-refractivity contribution in [3.8, 4) is 0 Å². The van der Waals surface area contributed by atoms with E-state index in [2.05, 4.69) is 0 Å². The first-order valence-corrected chi connectivity index (χ1v) is 6.14. The van der Waals surface area contributed by atoms with Crippen LogP contribution >= 0.6 is 0 Å². The Hall–Kier alpha value is -0.870. The third-order valence-electron chi connectivity index (χ3n) is 2.81. The summed E-state index contributed by atoms with van der Waals surface area (Å²) in [5.41, 5.74) is 7.45. The Morgan fingerprint density at radius 2 is 2.21 bits per heavy atom. The number of fused-ring (bicyclic) bond motifs is 1. The van der Waals surface area contributed by atoms with Gasteiger partial charge in [0.05, 0.1) is 10.1 Å². The lowest BCUT2D eigenvalue weighted by atomic mass is 10.0. The van der Waals surface area contributed by atoms with Gasteiger partial charge in [0.2, 0.25) is 0 Å². The Kier molecular flexibility index (Phi) is 2.12. The van der Waals surface area contributed by atoms with Gasteiger partial charge in [-0.25, -0.2) is 8.42 Å². The topological polar surface area (TPSA) is 60.2 Å². The lowest BCUT2D eigenvalue weighted by Gasteiger charge is -2.03. The Morgan fingerprint density at radius 1 is 1.50 bits per heavy atom. The molecule has 0 fully saturated rings. The molecule has 3 nitrogen and oxygen atoms in total. The van der Waals surface area contributed by atoms with Crippen molar-refractivity contribution in [2.75, 3.05) is 6.54 Å². The standard InChI is InChI=1S/C10H13NO2S/c1-7-3-2-4-10-9(7)5-8(6-11)14(10,12)13/h2-4,8H,5-6,11H2,1H3. The zero-order valence-corrected chi connectivity index (χ0v) is 8.84. The van der Waals surface area contributed by atoms with Crippen molar-refractivity contribution in [3.63, 3.8) is 0 Å². The minimum atomic E-state index is -3.14. The largest absolute Gasteiger partial charge is 0.329 e. The van der Waals surface area contributed by atoms with Crippen LogP contribution < -0.4 is 5.73 Å². The summed E-state index contributed by atoms with van der Waals surface area (Å²) in [6.45, 7) is 2.14. The van der Waals surface area contributed by atoms with Crippen LogP contribution in [0.1, 0.15) is 11.1 Å². The Morgan fingerprint density at radius 3 is 2.79 bits per heavy atom. The van der Waals surface area contributed by atoms with Gasteiger partial charge >= 0.3 is 0 Å². The molecule has 0 spiro atoms. The lowest BCUT2D eigenvalue weighted by molar-refractivity contribution is 0.587. The molecule has 0 bridgehead atoms. The SMILES string of the molecule is Cc1cccc2c1CC(CN)S2(=O)=O. The van der Waals surface area contributed by atoms with Crippen LogP contribution in [0.5, 0.6) is 0 Å². The molecule has 4 heteroatoms. The van der Waals surface area contributed by atoms with Gasteiger partial charge in [-0.15, -0.1) is 0 Å². The average Bonchev–Trinajstić information content (AvgIpc) is 2.40. The highest BCUT2D eigenvalue weighted by molar-refractivity contribution is 7.92. The quantitative estimate of drug-likeness (QED) is 0.742. The van der Waals surface area contributed by atoms with E-state index in [-0.39, 0.29) is 6.54 Å². The van der Waals surface area contributed by atoms with Gasteiger partial charge in [-0.05, 0) is 30.5 Å². The number of hydrogen-bond acceptors (Lipinski definition) is 3. The maximum Gasteiger partial charge on any atom is 0.183 e. The summed E-state index contributed by atoms with van der Waals surface area (Å²) in [4.78, 5) is 0.480. The van der Waals surface area contributed by atoms with Gasteiger partial charge in [0, 0.05) is 6.54 Å². The second-order valence-corrected chi connectivity index (χ2v) is 5.85. The van der Waals surface area contributed by atoms with Crippen LogP contribution in [-0.4, -0.2) is 20.2 Å². The van der Waals surface area contributed by atoms with Crippen molar-refractivity contribution in [1.29, 1.82) is 0 Å². The van der Waals surface area contributed by atoms with Crippen LogP contribution in [0.3, 0.4) is 0 Å². The van der Waals surface area contributed by atoms with Gasteiger partial charge in [-0.2, -0.15) is 0 Å². The first-order valence-electron chi connectivity index (χ1n) is 4.60. The van der Waals surface area contributed by atoms with E-state index >= 15 is 0 Å². The van der Waals surface area contributed by atoms with Crippen LogP contribution in [0.15, 0.2) is 23.1 Å². The fraction of sp³-hybridized carbons (Fsp3) is 0.400. The molecule has 1 aromatic rings. The molecule has 1 aromatic carbocycles. The number of aryl methyl sites for hydroxylation is 1. The number of nitrogens with two attached hydrogens (primary N) is 1. The van der Waals surface area contributed by atoms with Gasteiger partial charge in [0.1, 0.15) is 0 Å². The van der Waals surface area contributed by atoms with E-state index in [1.54, 1.807) is 12.1 Å². The molecule has 2 rings (SSSR count). The van der Waals surface area contributed by atoms with Crippen molar-refractivity contribution in [2.45, 2.75) is 23.5 Å². The molecule has 1 unspecified atom stereocenters. The zero-order chi connectivity index (χ0) is 10.3. The first-order chi connectivity index (χ1) is 6.57. The second kappa shape index (κ2) is 3.07. The molecule has 1 aliphatic heterocycles. The molecule has 0 saturated heterocycles. The summed E-state index contributed by atoms with van der Waals surface area (Å²) in [5, 5.41) is -0.418. The zero-order valence-electron chi connectivity index (χ0n) is 8.03. The molecule has 0 aliphatic carbocycles. The minimum Gasteiger partial charge on any atom is -0.329 e. The Balaban J connectivity index is 2.66. The summed E-state index contributed by atoms with van der Waals surface area (Å²) in [6, 6.07) is 5.39. The van der Waals surface area contributed by atoms with Crippen molar-refractivity contribution in [1.82, 2.24) is 0 Å². The Bertz CT molecular complexity index is 465. The third-order valence-corrected chi connectivity index (χ3v) is 5.04. The first kappa shape index (κ1) is 9.68. The van der Waals surface area contributed by atoms with Crippen molar-refractivity contribution in [2.24, 2.45) is 5.73 Å². The van der Waals surface area contributed by atoms with Crippen LogP contribution in [-0.2, 0) is 16.3 Å². The molecular formula is C10H13NO2S. The number of sulfone groups is 1. The van der Waals surface area contributed by atoms with Crippen LogP contribution in [0.2, 0.25) is 0 Å². The van der Waals surface area contributed by atoms with Crippen molar-refractivity contribution < 1.29 is 8.42 Å². The smallest absolute Gasteiger partial charge is 0.183 e. The molecule has 0 amide bonds. The van der Waals surface area contributed by atoms with Gasteiger partial charge in [-0.1, -0.05) is 12.1 Å². The maximum atomic E-state index is 11.9. The molecule has 0 saturated carbocycles. The molecule has 1 aliphatic rings. The fourth-order valence-electron chi connectivity index (χ4n) is 1.93. The summed E-state index contributed by atoms with van der Waals surface area (Å²) in [5.74, 6) is 0. The summed E-state index contributed by atoms with van der Waals surface area (Å²) < 4.78 is 23.8. The maximum absolute atomic E-state index is 11.9. The molecule has 0 aromatic heterocycles. The molecular weight excluding hydrogens is 198 g/mol. The van der Waals surface area contributed by atoms with E-state index in [9.17, 15) is 8.42 Å². The second-order valence-electron chi connectivity index (χ2n) is 3.66. The highest BCUT2D eigenvalue weighted by Gasteiger charge is 2.36. The van der Waals surface area contributed by atoms with Gasteiger partial charge < -0.3 is 5.73 Å². The molecule has 1 atom stereocenters. The normalized spacial score (nSPS) is 23.4. The number of hydrogen-bond donors (Lipinski definition) is 1. The van der Waals surface area contributed by atoms with Gasteiger partial charge in [0.15, 0.2) is 9.84 Å². The van der Waals surface area contributed by atoms with Crippen molar-refractivity contribution in [3.05, 3.63) is 29.3 Å². The van der Waals surface area contributed by atoms with Crippen molar-refractivity contribution >= 4 is 9.84 Å². The summed E-state index contributed by atoms with van der Waals surface area (Å²) in [6.07, 6.45) is 0.570. The molecule has 2 N–H and O–H groups in total. The van der Waals surface area contributed by atoms with E-state index < -0.39 is 15.1 Å². The molecule has 76 valence electrons. The van der Waals surface area contributed by atoms with E-state index in [4.69, 9.17) is 5.73 Å². The highest BCUT2D eigenvalue weighted by Crippen LogP contribution is 2.32. The molecule has 0 radical (unpaired) electrons. The number of rotatable bonds is 1. The predicted octanol–water partition coefficient (Wildman–Crippen LogP) is 0.652. The Labute approximate surface area is 83.9 Å². The van der Waals surface area contributed by atoms with Crippen LogP contribution in [0.4, 0.5) is 0 Å². The summed E-state index contributed by atoms with van der Waals surface area (Å²) >= 11 is 0. The number of benzene rings is 1. The minimum absolute atomic E-state index is 0.205. The van der Waals surface area contributed by atoms with E-state index in [1.165, 1.54) is 0 Å². The summed E-state index contributed by atoms with van der Waals surface area (Å²) in [7, 11) is -3.14. The average molecular weight is 211 g/mol. The predicted molar refractivity (Wildman–Crippen MR) is 54.9 cm³/mol. The van der Waals surface area contributed by atoms with Gasteiger partial charge in [-0.3, -0.25) is 0 Å². The monoisotopic (exact) mass is 211 g/mol. The van der Waals surface area contributed by atoms with Crippen LogP contribution in [0.25, 0.3) is 0 Å². The van der Waals surface area contributed by atoms with E-state index in [0.29, 0.717) is 11.3 Å². The highest BCUT2D eigenvalue weighted by atomic mass is 32.2. The lowest BCUT2D eigenvalue weighted by Crippen LogP contribution is -2.26. The third kappa shape index (κ3) is 1.18.